The van der Waals surface area contributed by atoms with Gasteiger partial charge in [0.25, 0.3) is 5.56 Å². The van der Waals surface area contributed by atoms with Gasteiger partial charge in [-0.15, -0.1) is 11.3 Å². The molecule has 0 fully saturated rings. The molecule has 0 saturated heterocycles. The van der Waals surface area contributed by atoms with Gasteiger partial charge >= 0.3 is 0 Å². The van der Waals surface area contributed by atoms with Gasteiger partial charge in [0.05, 0.1) is 5.52 Å². The number of carbonyl (C=O) groups excluding carboxylic acids is 1. The summed E-state index contributed by atoms with van der Waals surface area (Å²) in [6.45, 7) is 1.98. The zero-order valence-electron chi connectivity index (χ0n) is 14.5. The molecule has 2 aromatic heterocycles. The molecule has 0 saturated carbocycles. The van der Waals surface area contributed by atoms with Crippen LogP contribution < -0.4 is 10.9 Å². The molecule has 0 aliphatic rings. The van der Waals surface area contributed by atoms with Crippen molar-refractivity contribution in [3.8, 4) is 0 Å². The van der Waals surface area contributed by atoms with Gasteiger partial charge in [-0.2, -0.15) is 0 Å². The molecule has 0 aliphatic heterocycles. The molecule has 2 aromatic carbocycles. The highest BCUT2D eigenvalue weighted by Gasteiger charge is 2.15. The Hall–Kier alpha value is -2.70. The van der Waals surface area contributed by atoms with E-state index in [1.54, 1.807) is 13.0 Å². The van der Waals surface area contributed by atoms with E-state index in [1.165, 1.54) is 15.9 Å². The largest absolute Gasteiger partial charge is 0.350 e. The van der Waals surface area contributed by atoms with Crippen molar-refractivity contribution >= 4 is 49.1 Å². The third-order valence-electron chi connectivity index (χ3n) is 4.41. The average Bonchev–Trinajstić information content (AvgIpc) is 3.03. The molecule has 136 valence electrons. The summed E-state index contributed by atoms with van der Waals surface area (Å²) in [7, 11) is 0. The van der Waals surface area contributed by atoms with E-state index in [4.69, 9.17) is 11.6 Å². The Bertz CT molecular complexity index is 1230. The van der Waals surface area contributed by atoms with Crippen LogP contribution in [0.2, 0.25) is 5.02 Å². The van der Waals surface area contributed by atoms with E-state index in [1.807, 2.05) is 42.5 Å². The minimum Gasteiger partial charge on any atom is -0.350 e. The number of rotatable bonds is 4. The van der Waals surface area contributed by atoms with Crippen LogP contribution in [0.1, 0.15) is 11.4 Å². The summed E-state index contributed by atoms with van der Waals surface area (Å²) in [5.74, 6) is 0.256. The molecule has 0 aliphatic carbocycles. The molecule has 0 radical (unpaired) electrons. The number of hydrogen-bond donors (Lipinski definition) is 1. The molecule has 4 rings (SSSR count). The fourth-order valence-corrected chi connectivity index (χ4v) is 4.29. The summed E-state index contributed by atoms with van der Waals surface area (Å²) in [6.07, 6.45) is 0. The van der Waals surface area contributed by atoms with Crippen molar-refractivity contribution in [3.05, 3.63) is 75.3 Å². The summed E-state index contributed by atoms with van der Waals surface area (Å²) in [5.41, 5.74) is 1.34. The molecular formula is C20H16ClN3O2S. The van der Waals surface area contributed by atoms with Gasteiger partial charge < -0.3 is 5.32 Å². The molecule has 2 heterocycles. The topological polar surface area (TPSA) is 64.0 Å². The first kappa shape index (κ1) is 17.7. The van der Waals surface area contributed by atoms with Gasteiger partial charge in [0, 0.05) is 21.7 Å². The van der Waals surface area contributed by atoms with Gasteiger partial charge in [-0.3, -0.25) is 14.2 Å². The van der Waals surface area contributed by atoms with E-state index >= 15 is 0 Å². The van der Waals surface area contributed by atoms with Crippen molar-refractivity contribution in [3.63, 3.8) is 0 Å². The van der Waals surface area contributed by atoms with Crippen molar-refractivity contribution in [2.75, 3.05) is 0 Å². The van der Waals surface area contributed by atoms with E-state index in [0.717, 1.165) is 15.6 Å². The lowest BCUT2D eigenvalue weighted by atomic mass is 10.2. The quantitative estimate of drug-likeness (QED) is 0.568. The SMILES string of the molecule is Cc1nc2c(sc3ccccc32)c(=O)n1CC(=O)NCc1ccccc1Cl. The number of aryl methyl sites for hydroxylation is 1. The normalized spacial score (nSPS) is 11.2. The van der Waals surface area contributed by atoms with E-state index in [-0.39, 0.29) is 18.0 Å². The van der Waals surface area contributed by atoms with E-state index in [2.05, 4.69) is 10.3 Å². The molecule has 0 spiro atoms. The van der Waals surface area contributed by atoms with E-state index < -0.39 is 0 Å². The number of aromatic nitrogens is 2. The molecule has 4 aromatic rings. The Morgan fingerprint density at radius 1 is 1.19 bits per heavy atom. The lowest BCUT2D eigenvalue weighted by Gasteiger charge is -2.10. The summed E-state index contributed by atoms with van der Waals surface area (Å²) in [5, 5.41) is 4.37. The number of nitrogens with zero attached hydrogens (tertiary/aromatic N) is 2. The van der Waals surface area contributed by atoms with Crippen LogP contribution in [0.4, 0.5) is 0 Å². The molecule has 7 heteroatoms. The fraction of sp³-hybridized carbons (Fsp3) is 0.150. The smallest absolute Gasteiger partial charge is 0.272 e. The van der Waals surface area contributed by atoms with Crippen molar-refractivity contribution in [2.24, 2.45) is 0 Å². The third kappa shape index (κ3) is 3.34. The first-order valence-corrected chi connectivity index (χ1v) is 9.63. The van der Waals surface area contributed by atoms with Crippen molar-refractivity contribution in [2.45, 2.75) is 20.0 Å². The van der Waals surface area contributed by atoms with Crippen LogP contribution in [0.3, 0.4) is 0 Å². The standard InChI is InChI=1S/C20H16ClN3O2S/c1-12-23-18-14-7-3-5-9-16(14)27-19(18)20(26)24(12)11-17(25)22-10-13-6-2-4-8-15(13)21/h2-9H,10-11H2,1H3,(H,22,25). The zero-order valence-corrected chi connectivity index (χ0v) is 16.1. The van der Waals surface area contributed by atoms with Gasteiger partial charge in [0.15, 0.2) is 0 Å². The number of benzene rings is 2. The van der Waals surface area contributed by atoms with Gasteiger partial charge in [0.2, 0.25) is 5.91 Å². The Balaban J connectivity index is 1.62. The number of amides is 1. The first-order valence-electron chi connectivity index (χ1n) is 8.43. The van der Waals surface area contributed by atoms with E-state index in [0.29, 0.717) is 27.6 Å². The van der Waals surface area contributed by atoms with Crippen LogP contribution in [0.25, 0.3) is 20.3 Å². The number of thiophene rings is 1. The number of halogens is 1. The molecule has 27 heavy (non-hydrogen) atoms. The highest BCUT2D eigenvalue weighted by Crippen LogP contribution is 2.30. The first-order chi connectivity index (χ1) is 13.0. The highest BCUT2D eigenvalue weighted by atomic mass is 35.5. The Morgan fingerprint density at radius 2 is 1.93 bits per heavy atom. The van der Waals surface area contributed by atoms with Gasteiger partial charge in [-0.05, 0) is 24.6 Å². The second-order valence-electron chi connectivity index (χ2n) is 6.19. The van der Waals surface area contributed by atoms with Crippen LogP contribution in [0, 0.1) is 6.92 Å². The molecule has 1 amide bonds. The van der Waals surface area contributed by atoms with Crippen molar-refractivity contribution < 1.29 is 4.79 Å². The predicted octanol–water partition coefficient (Wildman–Crippen LogP) is 3.89. The highest BCUT2D eigenvalue weighted by molar-refractivity contribution is 7.25. The average molecular weight is 398 g/mol. The maximum atomic E-state index is 12.9. The molecule has 0 unspecified atom stereocenters. The maximum Gasteiger partial charge on any atom is 0.272 e. The Morgan fingerprint density at radius 3 is 2.74 bits per heavy atom. The molecule has 1 N–H and O–H groups in total. The second kappa shape index (κ2) is 7.13. The Kier molecular flexibility index (Phi) is 4.68. The third-order valence-corrected chi connectivity index (χ3v) is 5.93. The van der Waals surface area contributed by atoms with Crippen molar-refractivity contribution in [1.82, 2.24) is 14.9 Å². The summed E-state index contributed by atoms with van der Waals surface area (Å²) in [6, 6.07) is 15.1. The summed E-state index contributed by atoms with van der Waals surface area (Å²) in [4.78, 5) is 29.9. The minimum atomic E-state index is -0.262. The van der Waals surface area contributed by atoms with Crippen LogP contribution in [-0.4, -0.2) is 15.5 Å². The van der Waals surface area contributed by atoms with Crippen molar-refractivity contribution in [1.29, 1.82) is 0 Å². The summed E-state index contributed by atoms with van der Waals surface area (Å²) >= 11 is 7.51. The summed E-state index contributed by atoms with van der Waals surface area (Å²) < 4.78 is 3.00. The second-order valence-corrected chi connectivity index (χ2v) is 7.65. The zero-order chi connectivity index (χ0) is 19.0. The van der Waals surface area contributed by atoms with E-state index in [9.17, 15) is 9.59 Å². The van der Waals surface area contributed by atoms with Crippen LogP contribution in [0.5, 0.6) is 0 Å². The number of carbonyl (C=O) groups is 1. The molecule has 0 atom stereocenters. The van der Waals surface area contributed by atoms with Crippen LogP contribution >= 0.6 is 22.9 Å². The monoisotopic (exact) mass is 397 g/mol. The molecular weight excluding hydrogens is 382 g/mol. The maximum absolute atomic E-state index is 12.9. The number of nitrogens with one attached hydrogen (secondary N) is 1. The number of hydrogen-bond acceptors (Lipinski definition) is 4. The predicted molar refractivity (Wildman–Crippen MR) is 109 cm³/mol. The van der Waals surface area contributed by atoms with Gasteiger partial charge in [0.1, 0.15) is 17.1 Å². The Labute approximate surface area is 164 Å². The lowest BCUT2D eigenvalue weighted by molar-refractivity contribution is -0.121. The molecule has 5 nitrogen and oxygen atoms in total. The minimum absolute atomic E-state index is 0.0771. The number of fused-ring (bicyclic) bond motifs is 3. The fourth-order valence-electron chi connectivity index (χ4n) is 3.00. The lowest BCUT2D eigenvalue weighted by Crippen LogP contribution is -2.33. The molecule has 0 bridgehead atoms. The van der Waals surface area contributed by atoms with Gasteiger partial charge in [-0.25, -0.2) is 4.98 Å². The van der Waals surface area contributed by atoms with Crippen LogP contribution in [-0.2, 0) is 17.9 Å². The van der Waals surface area contributed by atoms with Crippen LogP contribution in [0.15, 0.2) is 53.3 Å². The van der Waals surface area contributed by atoms with Gasteiger partial charge in [-0.1, -0.05) is 48.0 Å².